The number of hydrogen-bond donors (Lipinski definition) is 0. The lowest BCUT2D eigenvalue weighted by atomic mass is 10.1. The Hall–Kier alpha value is -3.27. The zero-order valence-electron chi connectivity index (χ0n) is 18.4. The molecule has 10 heteroatoms. The molecule has 1 fully saturated rings. The Kier molecular flexibility index (Phi) is 5.48. The minimum atomic E-state index is -0.629. The van der Waals surface area contributed by atoms with Gasteiger partial charge in [-0.1, -0.05) is 0 Å². The van der Waals surface area contributed by atoms with Crippen molar-refractivity contribution in [2.45, 2.75) is 26.1 Å². The van der Waals surface area contributed by atoms with Crippen LogP contribution in [0.4, 0.5) is 10.5 Å². The molecule has 3 aliphatic heterocycles. The Morgan fingerprint density at radius 3 is 2.61 bits per heavy atom. The molecule has 2 atom stereocenters. The number of rotatable bonds is 7. The second-order valence-corrected chi connectivity index (χ2v) is 7.42. The Balaban J connectivity index is 1.69. The zero-order valence-corrected chi connectivity index (χ0v) is 18.4. The predicted octanol–water partition coefficient (Wildman–Crippen LogP) is 1.68. The molecule has 166 valence electrons. The van der Waals surface area contributed by atoms with E-state index in [0.29, 0.717) is 30.7 Å². The van der Waals surface area contributed by atoms with Crippen molar-refractivity contribution in [2.75, 3.05) is 45.9 Å². The molecule has 3 aliphatic rings. The van der Waals surface area contributed by atoms with Crippen LogP contribution in [0, 0.1) is 0 Å². The van der Waals surface area contributed by atoms with E-state index in [0.717, 1.165) is 11.4 Å². The summed E-state index contributed by atoms with van der Waals surface area (Å²) in [5.41, 5.74) is 1.61. The second-order valence-electron chi connectivity index (χ2n) is 7.42. The van der Waals surface area contributed by atoms with Gasteiger partial charge in [-0.3, -0.25) is 14.6 Å². The molecular formula is C21H27N5O5. The minimum Gasteiger partial charge on any atom is -0.497 e. The number of anilines is 1. The third kappa shape index (κ3) is 3.27. The van der Waals surface area contributed by atoms with E-state index in [4.69, 9.17) is 19.2 Å². The summed E-state index contributed by atoms with van der Waals surface area (Å²) >= 11 is 0. The standard InChI is InChI=1S/C21H27N5O5/c1-6-31-10-9-24-19(27)17-18(23(3)21(24)28)22-20-25(17)12-13(2)26(20)15-11-14(29-4)7-8-16(15)30-5/h7-8,11-12,17-18H,6,9-10H2,1-5H3. The summed E-state index contributed by atoms with van der Waals surface area (Å²) < 4.78 is 16.3. The molecule has 0 spiro atoms. The average molecular weight is 429 g/mol. The van der Waals surface area contributed by atoms with E-state index in [-0.39, 0.29) is 18.5 Å². The van der Waals surface area contributed by atoms with Crippen LogP contribution in [0.3, 0.4) is 0 Å². The van der Waals surface area contributed by atoms with Gasteiger partial charge >= 0.3 is 6.03 Å². The number of amides is 3. The normalized spacial score (nSPS) is 22.5. The van der Waals surface area contributed by atoms with Crippen LogP contribution in [0.15, 0.2) is 35.1 Å². The number of benzene rings is 1. The Labute approximate surface area is 181 Å². The van der Waals surface area contributed by atoms with E-state index in [9.17, 15) is 9.59 Å². The summed E-state index contributed by atoms with van der Waals surface area (Å²) in [5, 5.41) is 0. The highest BCUT2D eigenvalue weighted by Gasteiger charge is 2.54. The number of ether oxygens (including phenoxy) is 3. The van der Waals surface area contributed by atoms with Crippen molar-refractivity contribution >= 4 is 23.6 Å². The van der Waals surface area contributed by atoms with Gasteiger partial charge in [0.15, 0.2) is 12.2 Å². The molecule has 31 heavy (non-hydrogen) atoms. The fourth-order valence-corrected chi connectivity index (χ4v) is 4.13. The zero-order chi connectivity index (χ0) is 22.3. The minimum absolute atomic E-state index is 0.207. The Morgan fingerprint density at radius 1 is 1.16 bits per heavy atom. The van der Waals surface area contributed by atoms with Gasteiger partial charge in [0.25, 0.3) is 5.91 Å². The maximum atomic E-state index is 13.3. The van der Waals surface area contributed by atoms with Crippen molar-refractivity contribution in [1.82, 2.24) is 14.7 Å². The van der Waals surface area contributed by atoms with Gasteiger partial charge in [-0.25, -0.2) is 9.79 Å². The summed E-state index contributed by atoms with van der Waals surface area (Å²) in [4.78, 5) is 37.4. The number of guanidine groups is 1. The largest absolute Gasteiger partial charge is 0.497 e. The first-order valence-corrected chi connectivity index (χ1v) is 10.2. The molecular weight excluding hydrogens is 402 g/mol. The third-order valence-corrected chi connectivity index (χ3v) is 5.68. The molecule has 10 nitrogen and oxygen atoms in total. The smallest absolute Gasteiger partial charge is 0.328 e. The van der Waals surface area contributed by atoms with E-state index in [1.54, 1.807) is 21.3 Å². The average Bonchev–Trinajstić information content (AvgIpc) is 3.28. The highest BCUT2D eigenvalue weighted by atomic mass is 16.5. The van der Waals surface area contributed by atoms with E-state index in [2.05, 4.69) is 0 Å². The Bertz CT molecular complexity index is 961. The monoisotopic (exact) mass is 429 g/mol. The SMILES string of the molecule is CCOCCN1C(=O)C2C(N=C3N(c4cc(OC)ccc4OC)C(C)=CN32)N(C)C1=O. The molecule has 0 saturated carbocycles. The highest BCUT2D eigenvalue weighted by molar-refractivity contribution is 6.10. The van der Waals surface area contributed by atoms with Crippen molar-refractivity contribution in [3.8, 4) is 11.5 Å². The van der Waals surface area contributed by atoms with Gasteiger partial charge in [0.1, 0.15) is 11.5 Å². The summed E-state index contributed by atoms with van der Waals surface area (Å²) in [5.74, 6) is 1.60. The number of methoxy groups -OCH3 is 2. The molecule has 0 bridgehead atoms. The molecule has 0 aromatic heterocycles. The van der Waals surface area contributed by atoms with Crippen molar-refractivity contribution in [3.05, 3.63) is 30.1 Å². The van der Waals surface area contributed by atoms with E-state index >= 15 is 0 Å². The fraction of sp³-hybridized carbons (Fsp3) is 0.476. The summed E-state index contributed by atoms with van der Waals surface area (Å²) in [6.07, 6.45) is 1.27. The maximum absolute atomic E-state index is 13.3. The van der Waals surface area contributed by atoms with Gasteiger partial charge in [-0.2, -0.15) is 0 Å². The van der Waals surface area contributed by atoms with Crippen LogP contribution < -0.4 is 14.4 Å². The second kappa shape index (κ2) is 8.10. The molecule has 0 aliphatic carbocycles. The number of likely N-dealkylation sites (N-methyl/N-ethyl adjacent to an activating group) is 1. The Morgan fingerprint density at radius 2 is 1.94 bits per heavy atom. The summed E-state index contributed by atoms with van der Waals surface area (Å²) in [6.45, 7) is 4.84. The van der Waals surface area contributed by atoms with Crippen molar-refractivity contribution in [1.29, 1.82) is 0 Å². The van der Waals surface area contributed by atoms with E-state index < -0.39 is 12.2 Å². The van der Waals surface area contributed by atoms with Crippen molar-refractivity contribution in [3.63, 3.8) is 0 Å². The van der Waals surface area contributed by atoms with Crippen LogP contribution in [0.2, 0.25) is 0 Å². The van der Waals surface area contributed by atoms with Gasteiger partial charge in [0, 0.05) is 31.6 Å². The van der Waals surface area contributed by atoms with Crippen LogP contribution in [0.1, 0.15) is 13.8 Å². The molecule has 1 aromatic carbocycles. The number of nitrogens with zero attached hydrogens (tertiary/aromatic N) is 5. The number of imide groups is 1. The van der Waals surface area contributed by atoms with Gasteiger partial charge in [-0.05, 0) is 26.0 Å². The van der Waals surface area contributed by atoms with Gasteiger partial charge in [-0.15, -0.1) is 0 Å². The summed E-state index contributed by atoms with van der Waals surface area (Å²) in [7, 11) is 4.86. The van der Waals surface area contributed by atoms with Gasteiger partial charge in [0.05, 0.1) is 33.1 Å². The number of carbonyl (C=O) groups is 2. The predicted molar refractivity (Wildman–Crippen MR) is 114 cm³/mol. The van der Waals surface area contributed by atoms with Crippen LogP contribution >= 0.6 is 0 Å². The lowest BCUT2D eigenvalue weighted by Gasteiger charge is -2.40. The third-order valence-electron chi connectivity index (χ3n) is 5.68. The molecule has 0 N–H and O–H groups in total. The number of hydrogen-bond acceptors (Lipinski definition) is 8. The first-order valence-electron chi connectivity index (χ1n) is 10.2. The molecule has 2 unspecified atom stereocenters. The van der Waals surface area contributed by atoms with E-state index in [1.165, 1.54) is 9.80 Å². The molecule has 0 radical (unpaired) electrons. The number of carbonyl (C=O) groups excluding carboxylic acids is 2. The highest BCUT2D eigenvalue weighted by Crippen LogP contribution is 2.41. The number of aliphatic imine (C=N–C) groups is 1. The molecule has 3 amide bonds. The molecule has 1 aromatic rings. The molecule has 4 rings (SSSR count). The summed E-state index contributed by atoms with van der Waals surface area (Å²) in [6, 6.07) is 4.49. The lowest BCUT2D eigenvalue weighted by Crippen LogP contribution is -2.64. The lowest BCUT2D eigenvalue weighted by molar-refractivity contribution is -0.137. The molecule has 3 heterocycles. The van der Waals surface area contributed by atoms with E-state index in [1.807, 2.05) is 48.0 Å². The first-order chi connectivity index (χ1) is 14.9. The van der Waals surface area contributed by atoms with Crippen molar-refractivity contribution in [2.24, 2.45) is 4.99 Å². The molecule has 1 saturated heterocycles. The quantitative estimate of drug-likeness (QED) is 0.610. The van der Waals surface area contributed by atoms with Crippen LogP contribution in [0.5, 0.6) is 11.5 Å². The van der Waals surface area contributed by atoms with Crippen LogP contribution in [-0.4, -0.2) is 85.8 Å². The van der Waals surface area contributed by atoms with Gasteiger partial charge in [0.2, 0.25) is 5.96 Å². The number of urea groups is 1. The van der Waals surface area contributed by atoms with Crippen molar-refractivity contribution < 1.29 is 23.8 Å². The van der Waals surface area contributed by atoms with Gasteiger partial charge < -0.3 is 24.0 Å². The van der Waals surface area contributed by atoms with Crippen LogP contribution in [-0.2, 0) is 9.53 Å². The topological polar surface area (TPSA) is 87.2 Å². The number of fused-ring (bicyclic) bond motifs is 3. The van der Waals surface area contributed by atoms with Crippen LogP contribution in [0.25, 0.3) is 0 Å². The number of allylic oxidation sites excluding steroid dienone is 1. The first kappa shape index (κ1) is 21.0. The maximum Gasteiger partial charge on any atom is 0.328 e. The fourth-order valence-electron chi connectivity index (χ4n) is 4.13.